The molecule has 11 heteroatoms. The molecule has 0 aliphatic heterocycles. The van der Waals surface area contributed by atoms with E-state index in [0.717, 1.165) is 21.9 Å². The quantitative estimate of drug-likeness (QED) is 0.276. The fraction of sp³-hybridized carbons (Fsp3) is 0.231. The molecular formula is C26H27N3O6S2. The van der Waals surface area contributed by atoms with Crippen molar-refractivity contribution in [2.24, 2.45) is 0 Å². The number of benzene rings is 2. The summed E-state index contributed by atoms with van der Waals surface area (Å²) < 4.78 is 37.8. The lowest BCUT2D eigenvalue weighted by Crippen LogP contribution is -2.18. The molecule has 0 bridgehead atoms. The number of fused-ring (bicyclic) bond motifs is 1. The zero-order chi connectivity index (χ0) is 27.0. The molecule has 0 aliphatic rings. The van der Waals surface area contributed by atoms with Crippen molar-refractivity contribution in [3.63, 3.8) is 0 Å². The van der Waals surface area contributed by atoms with Crippen molar-refractivity contribution >= 4 is 60.3 Å². The van der Waals surface area contributed by atoms with Crippen LogP contribution in [0, 0.1) is 0 Å². The van der Waals surface area contributed by atoms with Gasteiger partial charge in [0, 0.05) is 0 Å². The minimum Gasteiger partial charge on any atom is -0.492 e. The Kier molecular flexibility index (Phi) is 7.03. The highest BCUT2D eigenvalue weighted by Crippen LogP contribution is 2.40. The first-order valence-corrected chi connectivity index (χ1v) is 14.0. The number of carbonyl (C=O) groups excluding carboxylic acids is 2. The van der Waals surface area contributed by atoms with E-state index in [1.165, 1.54) is 24.7 Å². The highest BCUT2D eigenvalue weighted by atomic mass is 32.2. The molecule has 0 saturated carbocycles. The van der Waals surface area contributed by atoms with Crippen molar-refractivity contribution in [3.05, 3.63) is 71.0 Å². The minimum absolute atomic E-state index is 0.177. The second-order valence-corrected chi connectivity index (χ2v) is 12.2. The maximum absolute atomic E-state index is 13.3. The summed E-state index contributed by atoms with van der Waals surface area (Å²) in [5, 5.41) is 6.47. The van der Waals surface area contributed by atoms with E-state index in [9.17, 15) is 18.0 Å². The van der Waals surface area contributed by atoms with Gasteiger partial charge in [-0.2, -0.15) is 0 Å². The third-order valence-electron chi connectivity index (χ3n) is 5.46. The first-order valence-electron chi connectivity index (χ1n) is 11.2. The van der Waals surface area contributed by atoms with Crippen LogP contribution in [0.25, 0.3) is 10.1 Å². The topological polar surface area (TPSA) is 127 Å². The number of thiophene rings is 1. The van der Waals surface area contributed by atoms with E-state index in [1.807, 2.05) is 26.8 Å². The van der Waals surface area contributed by atoms with E-state index in [1.54, 1.807) is 42.5 Å². The van der Waals surface area contributed by atoms with Gasteiger partial charge in [0.2, 0.25) is 10.0 Å². The number of carbonyl (C=O) groups is 2. The van der Waals surface area contributed by atoms with Crippen LogP contribution in [0.2, 0.25) is 0 Å². The molecule has 9 nitrogen and oxygen atoms in total. The van der Waals surface area contributed by atoms with Crippen LogP contribution in [-0.4, -0.2) is 33.6 Å². The number of ether oxygens (including phenoxy) is 1. The van der Waals surface area contributed by atoms with E-state index in [-0.39, 0.29) is 22.6 Å². The van der Waals surface area contributed by atoms with E-state index in [2.05, 4.69) is 15.4 Å². The molecule has 0 unspecified atom stereocenters. The molecule has 0 fully saturated rings. The molecule has 2 aromatic carbocycles. The van der Waals surface area contributed by atoms with Gasteiger partial charge in [0.15, 0.2) is 11.5 Å². The Morgan fingerprint density at radius 2 is 1.65 bits per heavy atom. The third-order valence-corrected chi connectivity index (χ3v) is 7.24. The van der Waals surface area contributed by atoms with Gasteiger partial charge in [0.05, 0.1) is 46.3 Å². The lowest BCUT2D eigenvalue weighted by molar-refractivity contribution is 0.0995. The molecule has 2 aromatic heterocycles. The van der Waals surface area contributed by atoms with E-state index >= 15 is 0 Å². The van der Waals surface area contributed by atoms with Crippen LogP contribution in [-0.2, 0) is 15.4 Å². The Labute approximate surface area is 218 Å². The van der Waals surface area contributed by atoms with Crippen molar-refractivity contribution < 1.29 is 27.2 Å². The maximum atomic E-state index is 13.3. The average molecular weight is 542 g/mol. The third kappa shape index (κ3) is 5.95. The largest absolute Gasteiger partial charge is 0.492 e. The summed E-state index contributed by atoms with van der Waals surface area (Å²) in [5.74, 6) is -0.430. The zero-order valence-electron chi connectivity index (χ0n) is 21.0. The van der Waals surface area contributed by atoms with Gasteiger partial charge in [-0.3, -0.25) is 14.3 Å². The number of amides is 2. The summed E-state index contributed by atoms with van der Waals surface area (Å²) in [6.07, 6.45) is 2.47. The molecular weight excluding hydrogens is 514 g/mol. The Bertz CT molecular complexity index is 1580. The van der Waals surface area contributed by atoms with Crippen molar-refractivity contribution in [2.45, 2.75) is 26.2 Å². The summed E-state index contributed by atoms with van der Waals surface area (Å²) >= 11 is 1.22. The summed E-state index contributed by atoms with van der Waals surface area (Å²) in [6, 6.07) is 13.8. The molecule has 0 spiro atoms. The van der Waals surface area contributed by atoms with Crippen LogP contribution < -0.4 is 20.1 Å². The Morgan fingerprint density at radius 3 is 2.27 bits per heavy atom. The summed E-state index contributed by atoms with van der Waals surface area (Å²) in [4.78, 5) is 26.2. The molecule has 0 saturated heterocycles. The highest BCUT2D eigenvalue weighted by molar-refractivity contribution is 7.92. The van der Waals surface area contributed by atoms with Gasteiger partial charge in [-0.05, 0) is 52.8 Å². The van der Waals surface area contributed by atoms with Crippen LogP contribution in [0.4, 0.5) is 17.1 Å². The molecule has 194 valence electrons. The second kappa shape index (κ2) is 9.91. The van der Waals surface area contributed by atoms with Crippen molar-refractivity contribution in [1.82, 2.24) is 0 Å². The van der Waals surface area contributed by atoms with Gasteiger partial charge in [0.1, 0.15) is 0 Å². The number of methoxy groups -OCH3 is 1. The number of sulfonamides is 1. The molecule has 0 radical (unpaired) electrons. The predicted molar refractivity (Wildman–Crippen MR) is 147 cm³/mol. The van der Waals surface area contributed by atoms with Crippen LogP contribution in [0.3, 0.4) is 0 Å². The second-order valence-electron chi connectivity index (χ2n) is 9.45. The number of hydrogen-bond acceptors (Lipinski definition) is 7. The van der Waals surface area contributed by atoms with Gasteiger partial charge in [-0.25, -0.2) is 8.42 Å². The Hall–Kier alpha value is -3.83. The number of nitrogens with one attached hydrogen (secondary N) is 3. The van der Waals surface area contributed by atoms with Crippen molar-refractivity contribution in [1.29, 1.82) is 0 Å². The van der Waals surface area contributed by atoms with Gasteiger partial charge >= 0.3 is 0 Å². The fourth-order valence-electron chi connectivity index (χ4n) is 3.70. The molecule has 2 heterocycles. The van der Waals surface area contributed by atoms with Crippen molar-refractivity contribution in [3.8, 4) is 5.75 Å². The summed E-state index contributed by atoms with van der Waals surface area (Å²) in [6.45, 7) is 5.94. The standard InChI is InChI=1S/C26H27N3O6S2/c1-26(2,3)16-13-18(22(34-4)19(14-16)29-37(5,32)33)28-25(31)21-12-15-8-6-9-17(23(15)36-21)27-24(30)20-10-7-11-35-20/h6-14,29H,1-5H3,(H,27,30)(H,28,31). The number of hydrogen-bond donors (Lipinski definition) is 3. The van der Waals surface area contributed by atoms with Crippen LogP contribution in [0.5, 0.6) is 5.75 Å². The Morgan fingerprint density at radius 1 is 0.946 bits per heavy atom. The first kappa shape index (κ1) is 26.2. The molecule has 37 heavy (non-hydrogen) atoms. The SMILES string of the molecule is COc1c(NC(=O)c2cc3cccc(NC(=O)c4ccco4)c3s2)cc(C(C)(C)C)cc1NS(C)(=O)=O. The summed E-state index contributed by atoms with van der Waals surface area (Å²) in [5.41, 5.74) is 1.57. The molecule has 4 aromatic rings. The smallest absolute Gasteiger partial charge is 0.291 e. The summed E-state index contributed by atoms with van der Waals surface area (Å²) in [7, 11) is -2.19. The van der Waals surface area contributed by atoms with Crippen LogP contribution in [0.15, 0.2) is 59.2 Å². The number of anilines is 3. The van der Waals surface area contributed by atoms with Crippen LogP contribution >= 0.6 is 11.3 Å². The zero-order valence-corrected chi connectivity index (χ0v) is 22.6. The van der Waals surface area contributed by atoms with Gasteiger partial charge < -0.3 is 19.8 Å². The fourth-order valence-corrected chi connectivity index (χ4v) is 5.27. The number of rotatable bonds is 7. The minimum atomic E-state index is -3.60. The average Bonchev–Trinajstić information content (AvgIpc) is 3.48. The molecule has 3 N–H and O–H groups in total. The van der Waals surface area contributed by atoms with Crippen molar-refractivity contribution in [2.75, 3.05) is 28.7 Å². The van der Waals surface area contributed by atoms with Crippen LogP contribution in [0.1, 0.15) is 46.6 Å². The van der Waals surface area contributed by atoms with Gasteiger partial charge in [0.25, 0.3) is 11.8 Å². The van der Waals surface area contributed by atoms with Gasteiger partial charge in [-0.15, -0.1) is 11.3 Å². The first-order chi connectivity index (χ1) is 17.4. The normalized spacial score (nSPS) is 11.8. The molecule has 2 amide bonds. The molecule has 0 atom stereocenters. The predicted octanol–water partition coefficient (Wildman–Crippen LogP) is 5.68. The van der Waals surface area contributed by atoms with E-state index in [0.29, 0.717) is 16.3 Å². The number of furan rings is 1. The highest BCUT2D eigenvalue weighted by Gasteiger charge is 2.23. The molecule has 4 rings (SSSR count). The maximum Gasteiger partial charge on any atom is 0.291 e. The van der Waals surface area contributed by atoms with E-state index < -0.39 is 21.8 Å². The monoisotopic (exact) mass is 541 g/mol. The van der Waals surface area contributed by atoms with E-state index in [4.69, 9.17) is 9.15 Å². The Balaban J connectivity index is 1.69. The lowest BCUT2D eigenvalue weighted by atomic mass is 9.86. The van der Waals surface area contributed by atoms with Gasteiger partial charge in [-0.1, -0.05) is 32.9 Å². The molecule has 0 aliphatic carbocycles. The lowest BCUT2D eigenvalue weighted by Gasteiger charge is -2.23.